The Morgan fingerprint density at radius 2 is 2.12 bits per heavy atom. The van der Waals surface area contributed by atoms with E-state index in [0.717, 1.165) is 12.1 Å². The summed E-state index contributed by atoms with van der Waals surface area (Å²) in [6, 6.07) is 2.23. The summed E-state index contributed by atoms with van der Waals surface area (Å²) in [5.41, 5.74) is 1.03. The maximum atomic E-state index is 13.5. The number of anilines is 1. The topological polar surface area (TPSA) is 54.5 Å². The molecule has 0 saturated carbocycles. The molecule has 1 heterocycles. The van der Waals surface area contributed by atoms with Crippen LogP contribution in [0.25, 0.3) is 0 Å². The fourth-order valence-electron chi connectivity index (χ4n) is 1.90. The van der Waals surface area contributed by atoms with Gasteiger partial charge in [-0.2, -0.15) is 0 Å². The van der Waals surface area contributed by atoms with Gasteiger partial charge in [0.15, 0.2) is 0 Å². The molecule has 1 aromatic rings. The van der Waals surface area contributed by atoms with Gasteiger partial charge in [-0.05, 0) is 24.1 Å². The van der Waals surface area contributed by atoms with Gasteiger partial charge in [0.2, 0.25) is 5.91 Å². The lowest BCUT2D eigenvalue weighted by Gasteiger charge is -2.15. The molecule has 0 fully saturated rings. The summed E-state index contributed by atoms with van der Waals surface area (Å²) >= 11 is 0. The predicted molar refractivity (Wildman–Crippen MR) is 61.2 cm³/mol. The first-order chi connectivity index (χ1) is 7.80. The molecular weight excluding hydrogens is 269 g/mol. The minimum absolute atomic E-state index is 0.215. The molecule has 0 saturated heterocycles. The van der Waals surface area contributed by atoms with Crippen molar-refractivity contribution in [3.63, 3.8) is 0 Å². The second kappa shape index (κ2) is 3.96. The number of carbonyl (C=O) groups excluding carboxylic acids is 1. The third kappa shape index (κ3) is 2.14. The van der Waals surface area contributed by atoms with Crippen molar-refractivity contribution in [3.05, 3.63) is 23.5 Å². The lowest BCUT2D eigenvalue weighted by molar-refractivity contribution is -0.116. The van der Waals surface area contributed by atoms with Crippen molar-refractivity contribution in [3.8, 4) is 0 Å². The molecule has 0 spiro atoms. The fourth-order valence-corrected chi connectivity index (χ4v) is 2.80. The zero-order valence-corrected chi connectivity index (χ0v) is 10.5. The molecule has 0 atom stereocenters. The van der Waals surface area contributed by atoms with Crippen molar-refractivity contribution in [2.24, 2.45) is 0 Å². The zero-order valence-electron chi connectivity index (χ0n) is 8.91. The van der Waals surface area contributed by atoms with Crippen LogP contribution in [0.1, 0.15) is 12.5 Å². The molecular formula is C10H9ClFNO3S. The Kier molecular flexibility index (Phi) is 2.87. The van der Waals surface area contributed by atoms with Gasteiger partial charge in [-0.3, -0.25) is 4.79 Å². The van der Waals surface area contributed by atoms with Gasteiger partial charge in [0, 0.05) is 29.8 Å². The van der Waals surface area contributed by atoms with Gasteiger partial charge >= 0.3 is 0 Å². The molecule has 1 aliphatic heterocycles. The summed E-state index contributed by atoms with van der Waals surface area (Å²) < 4.78 is 35.8. The van der Waals surface area contributed by atoms with Gasteiger partial charge in [-0.1, -0.05) is 0 Å². The van der Waals surface area contributed by atoms with E-state index in [0.29, 0.717) is 24.2 Å². The highest BCUT2D eigenvalue weighted by molar-refractivity contribution is 8.13. The third-order valence-electron chi connectivity index (χ3n) is 2.67. The van der Waals surface area contributed by atoms with Gasteiger partial charge in [0.25, 0.3) is 9.05 Å². The Morgan fingerprint density at radius 1 is 1.47 bits per heavy atom. The molecule has 1 amide bonds. The summed E-state index contributed by atoms with van der Waals surface area (Å²) in [6.45, 7) is 1.79. The molecule has 0 aliphatic carbocycles. The first-order valence-corrected chi connectivity index (χ1v) is 7.17. The monoisotopic (exact) mass is 277 g/mol. The third-order valence-corrected chi connectivity index (χ3v) is 4.01. The van der Waals surface area contributed by atoms with Gasteiger partial charge in [0.1, 0.15) is 10.7 Å². The van der Waals surface area contributed by atoms with E-state index in [4.69, 9.17) is 10.7 Å². The molecule has 0 aromatic heterocycles. The number of fused-ring (bicyclic) bond motifs is 1. The van der Waals surface area contributed by atoms with Crippen molar-refractivity contribution in [2.75, 3.05) is 11.4 Å². The molecule has 1 aromatic carbocycles. The Labute approximate surface area is 102 Å². The zero-order chi connectivity index (χ0) is 12.8. The molecule has 2 rings (SSSR count). The van der Waals surface area contributed by atoms with Crippen LogP contribution in [0.4, 0.5) is 10.1 Å². The van der Waals surface area contributed by atoms with Gasteiger partial charge in [0.05, 0.1) is 0 Å². The average molecular weight is 278 g/mol. The van der Waals surface area contributed by atoms with Gasteiger partial charge in [-0.25, -0.2) is 12.8 Å². The van der Waals surface area contributed by atoms with Gasteiger partial charge < -0.3 is 4.90 Å². The maximum absolute atomic E-state index is 13.5. The molecule has 4 nitrogen and oxygen atoms in total. The molecule has 0 N–H and O–H groups in total. The highest BCUT2D eigenvalue weighted by Crippen LogP contribution is 2.33. The first-order valence-electron chi connectivity index (χ1n) is 4.86. The van der Waals surface area contributed by atoms with Crippen molar-refractivity contribution in [1.82, 2.24) is 0 Å². The van der Waals surface area contributed by atoms with E-state index in [1.54, 1.807) is 0 Å². The van der Waals surface area contributed by atoms with Crippen molar-refractivity contribution in [2.45, 2.75) is 18.2 Å². The molecule has 1 aliphatic rings. The smallest absolute Gasteiger partial charge is 0.264 e. The number of hydrogen-bond donors (Lipinski definition) is 0. The van der Waals surface area contributed by atoms with E-state index in [1.165, 1.54) is 11.8 Å². The molecule has 0 radical (unpaired) electrons. The largest absolute Gasteiger partial charge is 0.312 e. The first kappa shape index (κ1) is 12.3. The van der Waals surface area contributed by atoms with Crippen LogP contribution in [0, 0.1) is 5.82 Å². The summed E-state index contributed by atoms with van der Waals surface area (Å²) in [4.78, 5) is 12.1. The van der Waals surface area contributed by atoms with Crippen LogP contribution < -0.4 is 4.90 Å². The van der Waals surface area contributed by atoms with Crippen LogP contribution in [0.3, 0.4) is 0 Å². The van der Waals surface area contributed by atoms with Crippen molar-refractivity contribution in [1.29, 1.82) is 0 Å². The number of benzene rings is 1. The van der Waals surface area contributed by atoms with E-state index >= 15 is 0 Å². The predicted octanol–water partition coefficient (Wildman–Crippen LogP) is 1.66. The number of nitrogens with zero attached hydrogens (tertiary/aromatic N) is 1. The second-order valence-corrected chi connectivity index (χ2v) is 6.30. The van der Waals surface area contributed by atoms with Crippen LogP contribution in [-0.2, 0) is 20.3 Å². The second-order valence-electron chi connectivity index (χ2n) is 3.77. The Morgan fingerprint density at radius 3 is 2.65 bits per heavy atom. The van der Waals surface area contributed by atoms with E-state index in [2.05, 4.69) is 0 Å². The Hall–Kier alpha value is -1.14. The van der Waals surface area contributed by atoms with E-state index < -0.39 is 19.8 Å². The molecule has 92 valence electrons. The van der Waals surface area contributed by atoms with Crippen LogP contribution in [-0.4, -0.2) is 20.9 Å². The Bertz CT molecular complexity index is 600. The van der Waals surface area contributed by atoms with Crippen LogP contribution >= 0.6 is 10.7 Å². The average Bonchev–Trinajstić information content (AvgIpc) is 2.57. The normalized spacial score (nSPS) is 14.9. The molecule has 0 unspecified atom stereocenters. The summed E-state index contributed by atoms with van der Waals surface area (Å²) in [6.07, 6.45) is 0.508. The highest BCUT2D eigenvalue weighted by Gasteiger charge is 2.27. The van der Waals surface area contributed by atoms with E-state index in [1.807, 2.05) is 0 Å². The minimum Gasteiger partial charge on any atom is -0.312 e. The molecule has 7 heteroatoms. The van der Waals surface area contributed by atoms with E-state index in [-0.39, 0.29) is 5.91 Å². The lowest BCUT2D eigenvalue weighted by Crippen LogP contribution is -2.25. The number of amides is 1. The number of halogens is 2. The summed E-state index contributed by atoms with van der Waals surface area (Å²) in [7, 11) is 0.977. The fraction of sp³-hybridized carbons (Fsp3) is 0.300. The van der Waals surface area contributed by atoms with Crippen LogP contribution in [0.15, 0.2) is 17.0 Å². The number of rotatable bonds is 1. The summed E-state index contributed by atoms with van der Waals surface area (Å²) in [5, 5.41) is 0. The highest BCUT2D eigenvalue weighted by atomic mass is 35.7. The van der Waals surface area contributed by atoms with Crippen molar-refractivity contribution >= 4 is 31.3 Å². The van der Waals surface area contributed by atoms with Crippen molar-refractivity contribution < 1.29 is 17.6 Å². The van der Waals surface area contributed by atoms with E-state index in [9.17, 15) is 17.6 Å². The standard InChI is InChI=1S/C10H9ClFNO3S/c1-6(14)13-3-2-7-4-8(12)10(5-9(7)13)17(11,15)16/h4-5H,2-3H2,1H3. The van der Waals surface area contributed by atoms with Gasteiger partial charge in [-0.15, -0.1) is 0 Å². The quantitative estimate of drug-likeness (QED) is 0.734. The molecule has 0 bridgehead atoms. The maximum Gasteiger partial charge on any atom is 0.264 e. The summed E-state index contributed by atoms with van der Waals surface area (Å²) in [5.74, 6) is -1.10. The molecule has 17 heavy (non-hydrogen) atoms. The van der Waals surface area contributed by atoms with Crippen LogP contribution in [0.2, 0.25) is 0 Å². The SMILES string of the molecule is CC(=O)N1CCc2cc(F)c(S(=O)(=O)Cl)cc21. The lowest BCUT2D eigenvalue weighted by atomic mass is 10.1. The minimum atomic E-state index is -4.14. The number of hydrogen-bond acceptors (Lipinski definition) is 3. The van der Waals surface area contributed by atoms with Crippen LogP contribution in [0.5, 0.6) is 0 Å². The Balaban J connectivity index is 2.63. The number of carbonyl (C=O) groups is 1.